The van der Waals surface area contributed by atoms with Gasteiger partial charge < -0.3 is 9.73 Å². The van der Waals surface area contributed by atoms with E-state index in [1.165, 1.54) is 31.0 Å². The molecule has 1 saturated carbocycles. The largest absolute Gasteiger partial charge is 0.461 e. The third-order valence-corrected chi connectivity index (χ3v) is 7.25. The Morgan fingerprint density at radius 2 is 1.97 bits per heavy atom. The van der Waals surface area contributed by atoms with Gasteiger partial charge in [0.1, 0.15) is 5.82 Å². The second-order valence-corrected chi connectivity index (χ2v) is 9.60. The average Bonchev–Trinajstić information content (AvgIpc) is 3.61. The first-order chi connectivity index (χ1) is 16.7. The van der Waals surface area contributed by atoms with Crippen LogP contribution in [0.2, 0.25) is 5.02 Å². The van der Waals surface area contributed by atoms with Crippen LogP contribution >= 0.6 is 23.4 Å². The monoisotopic (exact) mass is 496 g/mol. The van der Waals surface area contributed by atoms with Crippen LogP contribution in [0.1, 0.15) is 43.7 Å². The number of rotatable bonds is 8. The molecule has 3 heterocycles. The quantitative estimate of drug-likeness (QED) is 0.316. The molecule has 0 atom stereocenters. The number of thioether (sulfide) groups is 1. The molecule has 5 rings (SSSR count). The van der Waals surface area contributed by atoms with Crippen LogP contribution in [0.3, 0.4) is 0 Å². The van der Waals surface area contributed by atoms with Crippen LogP contribution in [-0.4, -0.2) is 36.2 Å². The van der Waals surface area contributed by atoms with Gasteiger partial charge in [-0.05, 0) is 36.6 Å². The van der Waals surface area contributed by atoms with Crippen molar-refractivity contribution in [1.82, 2.24) is 24.5 Å². The lowest BCUT2D eigenvalue weighted by molar-refractivity contribution is -0.113. The minimum Gasteiger partial charge on any atom is -0.461 e. The van der Waals surface area contributed by atoms with E-state index in [0.717, 1.165) is 29.4 Å². The summed E-state index contributed by atoms with van der Waals surface area (Å²) in [7, 11) is 0. The molecule has 1 amide bonds. The Morgan fingerprint density at radius 3 is 2.76 bits per heavy atom. The third-order valence-electron chi connectivity index (χ3n) is 5.94. The summed E-state index contributed by atoms with van der Waals surface area (Å²) < 4.78 is 9.48. The molecule has 0 radical (unpaired) electrons. The highest BCUT2D eigenvalue weighted by Crippen LogP contribution is 2.35. The van der Waals surface area contributed by atoms with Crippen molar-refractivity contribution < 1.29 is 9.21 Å². The van der Waals surface area contributed by atoms with Gasteiger partial charge in [-0.15, -0.1) is 10.2 Å². The van der Waals surface area contributed by atoms with E-state index in [4.69, 9.17) is 16.0 Å². The standard InChI is InChI=1S/C24H25ClN6O2S/c25-19-10-5-4-7-17(19)15-30-21(12-13-26-30)27-22(32)16-34-24-29-28-23(20-11-6-14-33-20)31(24)18-8-2-1-3-9-18/h4-7,10-14,18H,1-3,8-9,15-16H2,(H,27,32). The number of benzene rings is 1. The molecular weight excluding hydrogens is 472 g/mol. The SMILES string of the molecule is O=C(CSc1nnc(-c2ccco2)n1C1CCCCC1)Nc1ccnn1Cc1ccccc1Cl. The number of nitrogens with one attached hydrogen (secondary N) is 1. The highest BCUT2D eigenvalue weighted by molar-refractivity contribution is 7.99. The minimum absolute atomic E-state index is 0.136. The number of halogens is 1. The molecule has 10 heteroatoms. The van der Waals surface area contributed by atoms with Crippen molar-refractivity contribution in [2.45, 2.75) is 49.8 Å². The first kappa shape index (κ1) is 22.7. The molecule has 1 N–H and O–H groups in total. The summed E-state index contributed by atoms with van der Waals surface area (Å²) in [6.07, 6.45) is 9.07. The van der Waals surface area contributed by atoms with Crippen LogP contribution in [0.15, 0.2) is 64.5 Å². The number of hydrogen-bond donors (Lipinski definition) is 1. The van der Waals surface area contributed by atoms with Crippen LogP contribution in [-0.2, 0) is 11.3 Å². The number of furan rings is 1. The molecule has 0 bridgehead atoms. The molecule has 8 nitrogen and oxygen atoms in total. The minimum atomic E-state index is -0.136. The number of aromatic nitrogens is 5. The summed E-state index contributed by atoms with van der Waals surface area (Å²) >= 11 is 7.67. The zero-order valence-electron chi connectivity index (χ0n) is 18.6. The van der Waals surface area contributed by atoms with E-state index in [2.05, 4.69) is 25.2 Å². The van der Waals surface area contributed by atoms with Crippen molar-refractivity contribution in [3.8, 4) is 11.6 Å². The topological polar surface area (TPSA) is 90.8 Å². The summed E-state index contributed by atoms with van der Waals surface area (Å²) in [4.78, 5) is 12.8. The Morgan fingerprint density at radius 1 is 1.12 bits per heavy atom. The lowest BCUT2D eigenvalue weighted by Gasteiger charge is -2.25. The van der Waals surface area contributed by atoms with Crippen molar-refractivity contribution >= 4 is 35.1 Å². The van der Waals surface area contributed by atoms with Crippen molar-refractivity contribution in [3.05, 3.63) is 65.5 Å². The molecule has 0 unspecified atom stereocenters. The lowest BCUT2D eigenvalue weighted by atomic mass is 9.95. The number of hydrogen-bond acceptors (Lipinski definition) is 6. The van der Waals surface area contributed by atoms with Crippen LogP contribution < -0.4 is 5.32 Å². The molecular formula is C24H25ClN6O2S. The van der Waals surface area contributed by atoms with Crippen LogP contribution in [0.5, 0.6) is 0 Å². The predicted octanol–water partition coefficient (Wildman–Crippen LogP) is 5.67. The maximum atomic E-state index is 12.8. The second kappa shape index (κ2) is 10.5. The number of carbonyl (C=O) groups is 1. The Labute approximate surface area is 206 Å². The van der Waals surface area contributed by atoms with E-state index >= 15 is 0 Å². The molecule has 3 aromatic heterocycles. The number of amides is 1. The van der Waals surface area contributed by atoms with Gasteiger partial charge >= 0.3 is 0 Å². The maximum absolute atomic E-state index is 12.8. The predicted molar refractivity (Wildman–Crippen MR) is 132 cm³/mol. The maximum Gasteiger partial charge on any atom is 0.235 e. The molecule has 34 heavy (non-hydrogen) atoms. The Bertz CT molecular complexity index is 1250. The molecule has 1 aliphatic carbocycles. The van der Waals surface area contributed by atoms with Crippen molar-refractivity contribution in [2.75, 3.05) is 11.1 Å². The second-order valence-electron chi connectivity index (χ2n) is 8.25. The third kappa shape index (κ3) is 5.05. The van der Waals surface area contributed by atoms with Crippen molar-refractivity contribution in [3.63, 3.8) is 0 Å². The number of carbonyl (C=O) groups excluding carboxylic acids is 1. The van der Waals surface area contributed by atoms with E-state index < -0.39 is 0 Å². The van der Waals surface area contributed by atoms with Gasteiger partial charge in [-0.3, -0.25) is 9.36 Å². The van der Waals surface area contributed by atoms with E-state index in [1.807, 2.05) is 36.4 Å². The highest BCUT2D eigenvalue weighted by Gasteiger charge is 2.25. The molecule has 1 aliphatic rings. The molecule has 1 fully saturated rings. The smallest absolute Gasteiger partial charge is 0.235 e. The summed E-state index contributed by atoms with van der Waals surface area (Å²) in [5.74, 6) is 2.11. The summed E-state index contributed by atoms with van der Waals surface area (Å²) in [6.45, 7) is 0.470. The fourth-order valence-electron chi connectivity index (χ4n) is 4.28. The summed E-state index contributed by atoms with van der Waals surface area (Å²) in [5.41, 5.74) is 0.934. The fourth-order valence-corrected chi connectivity index (χ4v) is 5.28. The average molecular weight is 497 g/mol. The van der Waals surface area contributed by atoms with Gasteiger partial charge in [0, 0.05) is 17.1 Å². The molecule has 176 valence electrons. The normalized spacial score (nSPS) is 14.4. The first-order valence-electron chi connectivity index (χ1n) is 11.4. The van der Waals surface area contributed by atoms with Crippen LogP contribution in [0, 0.1) is 0 Å². The van der Waals surface area contributed by atoms with Gasteiger partial charge in [-0.25, -0.2) is 4.68 Å². The molecule has 1 aromatic carbocycles. The van der Waals surface area contributed by atoms with E-state index in [0.29, 0.717) is 29.2 Å². The lowest BCUT2D eigenvalue weighted by Crippen LogP contribution is -2.19. The molecule has 4 aromatic rings. The van der Waals surface area contributed by atoms with Gasteiger partial charge in [0.25, 0.3) is 0 Å². The fraction of sp³-hybridized carbons (Fsp3) is 0.333. The molecule has 0 spiro atoms. The molecule has 0 saturated heterocycles. The zero-order valence-corrected chi connectivity index (χ0v) is 20.1. The number of nitrogens with zero attached hydrogens (tertiary/aromatic N) is 5. The van der Waals surface area contributed by atoms with Gasteiger partial charge in [0.2, 0.25) is 11.7 Å². The summed E-state index contributed by atoms with van der Waals surface area (Å²) in [5, 5.41) is 17.5. The Hall–Kier alpha value is -3.04. The van der Waals surface area contributed by atoms with E-state index in [-0.39, 0.29) is 11.7 Å². The van der Waals surface area contributed by atoms with Gasteiger partial charge in [-0.2, -0.15) is 5.10 Å². The van der Waals surface area contributed by atoms with Gasteiger partial charge in [0.15, 0.2) is 10.9 Å². The van der Waals surface area contributed by atoms with E-state index in [9.17, 15) is 4.79 Å². The zero-order chi connectivity index (χ0) is 23.3. The Balaban J connectivity index is 1.28. The van der Waals surface area contributed by atoms with E-state index in [1.54, 1.807) is 23.2 Å². The molecule has 0 aliphatic heterocycles. The first-order valence-corrected chi connectivity index (χ1v) is 12.7. The van der Waals surface area contributed by atoms with Crippen molar-refractivity contribution in [1.29, 1.82) is 0 Å². The van der Waals surface area contributed by atoms with Gasteiger partial charge in [-0.1, -0.05) is 60.8 Å². The van der Waals surface area contributed by atoms with Crippen LogP contribution in [0.25, 0.3) is 11.6 Å². The Kier molecular flexibility index (Phi) is 7.01. The van der Waals surface area contributed by atoms with Crippen LogP contribution in [0.4, 0.5) is 5.82 Å². The highest BCUT2D eigenvalue weighted by atomic mass is 35.5. The summed E-state index contributed by atoms with van der Waals surface area (Å²) in [6, 6.07) is 13.4. The van der Waals surface area contributed by atoms with Crippen molar-refractivity contribution in [2.24, 2.45) is 0 Å². The number of anilines is 1. The van der Waals surface area contributed by atoms with Gasteiger partial charge in [0.05, 0.1) is 24.8 Å².